The zero-order chi connectivity index (χ0) is 19.2. The molecule has 1 aliphatic rings. The Kier molecular flexibility index (Phi) is 6.03. The molecule has 0 saturated carbocycles. The van der Waals surface area contributed by atoms with Crippen molar-refractivity contribution in [1.29, 1.82) is 0 Å². The molecule has 0 spiro atoms. The summed E-state index contributed by atoms with van der Waals surface area (Å²) in [6.07, 6.45) is 0.430. The highest BCUT2D eigenvalue weighted by Gasteiger charge is 2.17. The molecular weight excluding hydrogens is 353 g/mol. The van der Waals surface area contributed by atoms with Crippen molar-refractivity contribution >= 4 is 11.7 Å². The van der Waals surface area contributed by atoms with E-state index in [0.717, 1.165) is 0 Å². The number of carbonyl (C=O) groups excluding carboxylic acids is 2. The Morgan fingerprint density at radius 3 is 2.74 bits per heavy atom. The summed E-state index contributed by atoms with van der Waals surface area (Å²) in [5, 5.41) is 2.73. The summed E-state index contributed by atoms with van der Waals surface area (Å²) in [6.45, 7) is 2.10. The van der Waals surface area contributed by atoms with E-state index in [9.17, 15) is 14.0 Å². The van der Waals surface area contributed by atoms with Gasteiger partial charge in [-0.2, -0.15) is 0 Å². The van der Waals surface area contributed by atoms with Gasteiger partial charge >= 0.3 is 0 Å². The van der Waals surface area contributed by atoms with Crippen molar-refractivity contribution in [2.24, 2.45) is 0 Å². The number of amides is 1. The Morgan fingerprint density at radius 2 is 2.00 bits per heavy atom. The Balaban J connectivity index is 1.47. The summed E-state index contributed by atoms with van der Waals surface area (Å²) in [5.74, 6) is 0.442. The molecule has 1 heterocycles. The fourth-order valence-corrected chi connectivity index (χ4v) is 2.76. The van der Waals surface area contributed by atoms with Crippen LogP contribution >= 0.6 is 0 Å². The first-order valence-electron chi connectivity index (χ1n) is 8.55. The van der Waals surface area contributed by atoms with Crippen LogP contribution in [0.25, 0.3) is 0 Å². The second-order valence-corrected chi connectivity index (χ2v) is 6.13. The number of hydrogen-bond acceptors (Lipinski definition) is 5. The number of fused-ring (bicyclic) bond motifs is 1. The third-order valence-corrected chi connectivity index (χ3v) is 4.10. The van der Waals surface area contributed by atoms with Crippen LogP contribution in [-0.2, 0) is 22.6 Å². The van der Waals surface area contributed by atoms with Crippen LogP contribution in [0.15, 0.2) is 36.4 Å². The molecule has 6 nitrogen and oxygen atoms in total. The van der Waals surface area contributed by atoms with Gasteiger partial charge in [-0.3, -0.25) is 9.59 Å². The average Bonchev–Trinajstić information content (AvgIpc) is 2.66. The van der Waals surface area contributed by atoms with Crippen molar-refractivity contribution in [3.05, 3.63) is 58.9 Å². The van der Waals surface area contributed by atoms with Crippen molar-refractivity contribution in [1.82, 2.24) is 5.32 Å². The first-order chi connectivity index (χ1) is 13.0. The Morgan fingerprint density at radius 1 is 1.22 bits per heavy atom. The minimum Gasteiger partial charge on any atom is -0.484 e. The lowest BCUT2D eigenvalue weighted by Crippen LogP contribution is -2.30. The zero-order valence-electron chi connectivity index (χ0n) is 14.9. The zero-order valence-corrected chi connectivity index (χ0v) is 14.9. The molecular formula is C20H20FNO5. The maximum Gasteiger partial charge on any atom is 0.257 e. The van der Waals surface area contributed by atoms with Gasteiger partial charge in [0.25, 0.3) is 5.91 Å². The van der Waals surface area contributed by atoms with Gasteiger partial charge in [-0.05, 0) is 55.3 Å². The van der Waals surface area contributed by atoms with E-state index in [2.05, 4.69) is 5.32 Å². The van der Waals surface area contributed by atoms with Crippen LogP contribution in [0.5, 0.6) is 11.5 Å². The Hall–Kier alpha value is -2.93. The number of ketones is 1. The van der Waals surface area contributed by atoms with Crippen molar-refractivity contribution in [3.63, 3.8) is 0 Å². The number of ether oxygens (including phenoxy) is 3. The SMILES string of the molecule is CC(=O)c1ccc(OCC(=O)NCCc2cc(F)cc3c2OCOC3)cc1. The normalized spacial score (nSPS) is 12.7. The van der Waals surface area contributed by atoms with Crippen LogP contribution in [0.4, 0.5) is 4.39 Å². The van der Waals surface area contributed by atoms with Crippen molar-refractivity contribution in [2.45, 2.75) is 20.0 Å². The highest BCUT2D eigenvalue weighted by Crippen LogP contribution is 2.29. The minimum absolute atomic E-state index is 0.0330. The molecule has 7 heteroatoms. The molecule has 0 atom stereocenters. The minimum atomic E-state index is -0.360. The van der Waals surface area contributed by atoms with Crippen molar-refractivity contribution < 1.29 is 28.2 Å². The smallest absolute Gasteiger partial charge is 0.257 e. The lowest BCUT2D eigenvalue weighted by Gasteiger charge is -2.21. The largest absolute Gasteiger partial charge is 0.484 e. The van der Waals surface area contributed by atoms with Crippen molar-refractivity contribution in [2.75, 3.05) is 19.9 Å². The van der Waals surface area contributed by atoms with Crippen LogP contribution in [0.3, 0.4) is 0 Å². The summed E-state index contributed by atoms with van der Waals surface area (Å²) >= 11 is 0. The summed E-state index contributed by atoms with van der Waals surface area (Å²) < 4.78 is 29.7. The summed E-state index contributed by atoms with van der Waals surface area (Å²) in [5.41, 5.74) is 1.94. The average molecular weight is 373 g/mol. The molecule has 0 saturated heterocycles. The fraction of sp³-hybridized carbons (Fsp3) is 0.300. The molecule has 0 aliphatic carbocycles. The van der Waals surface area contributed by atoms with Gasteiger partial charge in [-0.1, -0.05) is 0 Å². The molecule has 1 N–H and O–H groups in total. The van der Waals surface area contributed by atoms with E-state index in [0.29, 0.717) is 47.8 Å². The maximum absolute atomic E-state index is 13.7. The van der Waals surface area contributed by atoms with Gasteiger partial charge in [-0.15, -0.1) is 0 Å². The molecule has 1 amide bonds. The number of carbonyl (C=O) groups is 2. The van der Waals surface area contributed by atoms with E-state index >= 15 is 0 Å². The molecule has 1 aliphatic heterocycles. The number of Topliss-reactive ketones (excluding diaryl/α,β-unsaturated/α-hetero) is 1. The molecule has 0 aromatic heterocycles. The number of rotatable bonds is 7. The highest BCUT2D eigenvalue weighted by atomic mass is 19.1. The van der Waals surface area contributed by atoms with Crippen LogP contribution in [0, 0.1) is 5.82 Å². The maximum atomic E-state index is 13.7. The van der Waals surface area contributed by atoms with Crippen molar-refractivity contribution in [3.8, 4) is 11.5 Å². The second kappa shape index (κ2) is 8.64. The lowest BCUT2D eigenvalue weighted by molar-refractivity contribution is -0.123. The molecule has 3 rings (SSSR count). The van der Waals surface area contributed by atoms with Crippen LogP contribution in [-0.4, -0.2) is 31.6 Å². The number of benzene rings is 2. The first kappa shape index (κ1) is 18.8. The van der Waals surface area contributed by atoms with E-state index in [1.54, 1.807) is 24.3 Å². The third-order valence-electron chi connectivity index (χ3n) is 4.10. The quantitative estimate of drug-likeness (QED) is 0.756. The molecule has 2 aromatic carbocycles. The fourth-order valence-electron chi connectivity index (χ4n) is 2.76. The molecule has 0 radical (unpaired) electrons. The van der Waals surface area contributed by atoms with E-state index in [-0.39, 0.29) is 30.9 Å². The van der Waals surface area contributed by atoms with Crippen LogP contribution in [0.1, 0.15) is 28.4 Å². The van der Waals surface area contributed by atoms with Gasteiger partial charge in [0, 0.05) is 17.7 Å². The van der Waals surface area contributed by atoms with E-state index in [1.807, 2.05) is 0 Å². The topological polar surface area (TPSA) is 73.9 Å². The molecule has 0 unspecified atom stereocenters. The van der Waals surface area contributed by atoms with Gasteiger partial charge in [0.1, 0.15) is 17.3 Å². The highest BCUT2D eigenvalue weighted by molar-refractivity contribution is 5.94. The van der Waals surface area contributed by atoms with E-state index in [1.165, 1.54) is 19.1 Å². The lowest BCUT2D eigenvalue weighted by atomic mass is 10.1. The third kappa shape index (κ3) is 5.04. The van der Waals surface area contributed by atoms with E-state index in [4.69, 9.17) is 14.2 Å². The summed E-state index contributed by atoms with van der Waals surface area (Å²) in [7, 11) is 0. The van der Waals surface area contributed by atoms with Crippen LogP contribution < -0.4 is 14.8 Å². The van der Waals surface area contributed by atoms with Gasteiger partial charge in [0.05, 0.1) is 6.61 Å². The standard InChI is InChI=1S/C20H20FNO5/c1-13(23)14-2-4-18(5-3-14)26-11-19(24)22-7-6-15-8-17(21)9-16-10-25-12-27-20(15)16/h2-5,8-9H,6-7,10-12H2,1H3,(H,22,24). The monoisotopic (exact) mass is 373 g/mol. The molecule has 2 aromatic rings. The Labute approximate surface area is 156 Å². The molecule has 142 valence electrons. The molecule has 0 bridgehead atoms. The van der Waals surface area contributed by atoms with Gasteiger partial charge in [0.15, 0.2) is 19.2 Å². The predicted octanol–water partition coefficient (Wildman–Crippen LogP) is 2.63. The Bertz CT molecular complexity index is 835. The predicted molar refractivity (Wildman–Crippen MR) is 95.3 cm³/mol. The van der Waals surface area contributed by atoms with Gasteiger partial charge in [-0.25, -0.2) is 4.39 Å². The van der Waals surface area contributed by atoms with Gasteiger partial charge < -0.3 is 19.5 Å². The first-order valence-corrected chi connectivity index (χ1v) is 8.55. The summed E-state index contributed by atoms with van der Waals surface area (Å²) in [6, 6.07) is 9.37. The number of hydrogen-bond donors (Lipinski definition) is 1. The summed E-state index contributed by atoms with van der Waals surface area (Å²) in [4.78, 5) is 23.1. The number of halogens is 1. The van der Waals surface area contributed by atoms with Gasteiger partial charge in [0.2, 0.25) is 0 Å². The van der Waals surface area contributed by atoms with Crippen LogP contribution in [0.2, 0.25) is 0 Å². The molecule has 27 heavy (non-hydrogen) atoms. The molecule has 0 fully saturated rings. The number of nitrogens with one attached hydrogen (secondary N) is 1. The van der Waals surface area contributed by atoms with E-state index < -0.39 is 0 Å². The second-order valence-electron chi connectivity index (χ2n) is 6.13.